The van der Waals surface area contributed by atoms with Crippen LogP contribution in [0.3, 0.4) is 0 Å². The minimum Gasteiger partial charge on any atom is -0.496 e. The SMILES string of the molecule is CCCN1c2cc(OC)c(/C=C3/NC(=O)N(Cc4ccc([N+](=O)[O-])cc4)C3=O)cc2C(C)CC1(C)C. The molecule has 0 saturated carbocycles. The summed E-state index contributed by atoms with van der Waals surface area (Å²) in [6.45, 7) is 9.84. The Labute approximate surface area is 210 Å². The third-order valence-corrected chi connectivity index (χ3v) is 6.93. The van der Waals surface area contributed by atoms with Crippen LogP contribution in [0.5, 0.6) is 5.75 Å². The number of imide groups is 1. The van der Waals surface area contributed by atoms with Crippen LogP contribution in [0, 0.1) is 10.1 Å². The summed E-state index contributed by atoms with van der Waals surface area (Å²) in [5, 5.41) is 13.5. The Balaban J connectivity index is 1.64. The second-order valence-electron chi connectivity index (χ2n) is 10.0. The molecule has 3 amide bonds. The van der Waals surface area contributed by atoms with Gasteiger partial charge in [-0.05, 0) is 55.9 Å². The molecule has 0 aliphatic carbocycles. The van der Waals surface area contributed by atoms with Crippen molar-refractivity contribution in [3.63, 3.8) is 0 Å². The third-order valence-electron chi connectivity index (χ3n) is 6.93. The van der Waals surface area contributed by atoms with Gasteiger partial charge in [-0.1, -0.05) is 26.0 Å². The highest BCUT2D eigenvalue weighted by Crippen LogP contribution is 2.46. The van der Waals surface area contributed by atoms with Gasteiger partial charge in [-0.3, -0.25) is 19.8 Å². The molecule has 0 aromatic heterocycles. The van der Waals surface area contributed by atoms with Crippen LogP contribution < -0.4 is 15.0 Å². The van der Waals surface area contributed by atoms with Crippen LogP contribution in [-0.4, -0.2) is 41.0 Å². The summed E-state index contributed by atoms with van der Waals surface area (Å²) < 4.78 is 5.70. The summed E-state index contributed by atoms with van der Waals surface area (Å²) in [6, 6.07) is 9.34. The number of nitro benzene ring substituents is 1. The van der Waals surface area contributed by atoms with E-state index in [1.807, 2.05) is 6.07 Å². The number of nitro groups is 1. The lowest BCUT2D eigenvalue weighted by atomic mass is 9.79. The first-order valence-corrected chi connectivity index (χ1v) is 12.1. The van der Waals surface area contributed by atoms with Crippen molar-refractivity contribution in [3.05, 3.63) is 68.9 Å². The third kappa shape index (κ3) is 4.65. The quantitative estimate of drug-likeness (QED) is 0.247. The Morgan fingerprint density at radius 2 is 1.92 bits per heavy atom. The van der Waals surface area contributed by atoms with Crippen molar-refractivity contribution in [1.82, 2.24) is 10.2 Å². The van der Waals surface area contributed by atoms with Gasteiger partial charge in [0.2, 0.25) is 0 Å². The van der Waals surface area contributed by atoms with Gasteiger partial charge in [-0.25, -0.2) is 4.79 Å². The second kappa shape index (κ2) is 9.64. The van der Waals surface area contributed by atoms with Crippen molar-refractivity contribution in [2.75, 3.05) is 18.6 Å². The second-order valence-corrected chi connectivity index (χ2v) is 10.0. The van der Waals surface area contributed by atoms with Crippen molar-refractivity contribution in [2.24, 2.45) is 0 Å². The zero-order valence-corrected chi connectivity index (χ0v) is 21.3. The van der Waals surface area contributed by atoms with E-state index < -0.39 is 16.9 Å². The summed E-state index contributed by atoms with van der Waals surface area (Å²) in [5.41, 5.74) is 3.79. The van der Waals surface area contributed by atoms with E-state index >= 15 is 0 Å². The predicted molar refractivity (Wildman–Crippen MR) is 138 cm³/mol. The Morgan fingerprint density at radius 1 is 1.22 bits per heavy atom. The van der Waals surface area contributed by atoms with Crippen LogP contribution in [0.1, 0.15) is 63.1 Å². The molecule has 0 radical (unpaired) electrons. The molecular formula is C27H32N4O5. The number of non-ortho nitro benzene ring substituents is 1. The summed E-state index contributed by atoms with van der Waals surface area (Å²) in [6.07, 6.45) is 3.68. The molecule has 1 unspecified atom stereocenters. The molecule has 2 heterocycles. The average Bonchev–Trinajstić information content (AvgIpc) is 3.09. The molecule has 36 heavy (non-hydrogen) atoms. The molecule has 2 aromatic carbocycles. The van der Waals surface area contributed by atoms with E-state index in [0.29, 0.717) is 17.2 Å². The van der Waals surface area contributed by atoms with Crippen molar-refractivity contribution >= 4 is 29.4 Å². The lowest BCUT2D eigenvalue weighted by Gasteiger charge is -2.47. The van der Waals surface area contributed by atoms with E-state index in [0.717, 1.165) is 35.5 Å². The van der Waals surface area contributed by atoms with Gasteiger partial charge >= 0.3 is 6.03 Å². The van der Waals surface area contributed by atoms with Crippen molar-refractivity contribution in [1.29, 1.82) is 0 Å². The smallest absolute Gasteiger partial charge is 0.329 e. The molecule has 1 N–H and O–H groups in total. The zero-order valence-electron chi connectivity index (χ0n) is 21.3. The molecule has 2 aromatic rings. The van der Waals surface area contributed by atoms with Gasteiger partial charge in [-0.2, -0.15) is 0 Å². The summed E-state index contributed by atoms with van der Waals surface area (Å²) in [4.78, 5) is 39.6. The van der Waals surface area contributed by atoms with E-state index in [9.17, 15) is 19.7 Å². The molecule has 2 aliphatic heterocycles. The number of benzene rings is 2. The average molecular weight is 493 g/mol. The van der Waals surface area contributed by atoms with E-state index in [4.69, 9.17) is 4.74 Å². The zero-order chi connectivity index (χ0) is 26.2. The Morgan fingerprint density at radius 3 is 2.53 bits per heavy atom. The first kappa shape index (κ1) is 25.2. The van der Waals surface area contributed by atoms with Gasteiger partial charge in [0.1, 0.15) is 11.4 Å². The van der Waals surface area contributed by atoms with Crippen LogP contribution in [0.15, 0.2) is 42.1 Å². The number of hydrogen-bond donors (Lipinski definition) is 1. The first-order chi connectivity index (χ1) is 17.1. The number of nitrogens with zero attached hydrogens (tertiary/aromatic N) is 3. The monoisotopic (exact) mass is 492 g/mol. The normalized spacial score (nSPS) is 19.9. The standard InChI is InChI=1S/C27H32N4O5/c1-6-11-30-23-14-24(36-5)19(12-21(23)17(2)15-27(30,3)4)13-22-25(32)29(26(33)28-22)16-18-7-9-20(10-8-18)31(34)35/h7-10,12-14,17H,6,11,15-16H2,1-5H3,(H,28,33)/b22-13+. The number of rotatable bonds is 7. The number of nitrogens with one attached hydrogen (secondary N) is 1. The molecule has 0 bridgehead atoms. The number of methoxy groups -OCH3 is 1. The highest BCUT2D eigenvalue weighted by molar-refractivity contribution is 6.14. The summed E-state index contributed by atoms with van der Waals surface area (Å²) in [7, 11) is 1.60. The molecule has 2 aliphatic rings. The predicted octanol–water partition coefficient (Wildman–Crippen LogP) is 5.20. The number of carbonyl (C=O) groups excluding carboxylic acids is 2. The maximum Gasteiger partial charge on any atom is 0.329 e. The van der Waals surface area contributed by atoms with Crippen LogP contribution in [0.25, 0.3) is 6.08 Å². The van der Waals surface area contributed by atoms with Crippen LogP contribution in [0.2, 0.25) is 0 Å². The minimum absolute atomic E-state index is 0.0133. The molecule has 1 fully saturated rings. The molecule has 4 rings (SSSR count). The van der Waals surface area contributed by atoms with Gasteiger partial charge in [0.25, 0.3) is 11.6 Å². The van der Waals surface area contributed by atoms with Gasteiger partial charge < -0.3 is 15.0 Å². The van der Waals surface area contributed by atoms with Gasteiger partial charge in [0, 0.05) is 41.5 Å². The number of hydrogen-bond acceptors (Lipinski definition) is 6. The fraction of sp³-hybridized carbons (Fsp3) is 0.407. The molecule has 0 spiro atoms. The molecule has 9 heteroatoms. The van der Waals surface area contributed by atoms with Crippen molar-refractivity contribution in [2.45, 2.75) is 58.5 Å². The Kier molecular flexibility index (Phi) is 6.75. The summed E-state index contributed by atoms with van der Waals surface area (Å²) in [5.74, 6) is 0.488. The van der Waals surface area contributed by atoms with Crippen molar-refractivity contribution in [3.8, 4) is 5.75 Å². The topological polar surface area (TPSA) is 105 Å². The number of anilines is 1. The van der Waals surface area contributed by atoms with Crippen LogP contribution in [0.4, 0.5) is 16.2 Å². The number of ether oxygens (including phenoxy) is 1. The molecule has 9 nitrogen and oxygen atoms in total. The maximum absolute atomic E-state index is 13.1. The molecule has 1 atom stereocenters. The van der Waals surface area contributed by atoms with Crippen LogP contribution in [-0.2, 0) is 11.3 Å². The minimum atomic E-state index is -0.536. The van der Waals surface area contributed by atoms with Gasteiger partial charge in [0.15, 0.2) is 0 Å². The number of fused-ring (bicyclic) bond motifs is 1. The molecular weight excluding hydrogens is 460 g/mol. The van der Waals surface area contributed by atoms with E-state index in [1.165, 1.54) is 29.8 Å². The largest absolute Gasteiger partial charge is 0.496 e. The lowest BCUT2D eigenvalue weighted by Crippen LogP contribution is -2.48. The lowest BCUT2D eigenvalue weighted by molar-refractivity contribution is -0.384. The Hall–Kier alpha value is -3.88. The summed E-state index contributed by atoms with van der Waals surface area (Å²) >= 11 is 0. The van der Waals surface area contributed by atoms with Crippen molar-refractivity contribution < 1.29 is 19.2 Å². The number of amides is 3. The number of carbonyl (C=O) groups is 2. The highest BCUT2D eigenvalue weighted by atomic mass is 16.6. The van der Waals surface area contributed by atoms with Gasteiger partial charge in [0.05, 0.1) is 18.6 Å². The van der Waals surface area contributed by atoms with E-state index in [1.54, 1.807) is 13.2 Å². The van der Waals surface area contributed by atoms with Gasteiger partial charge in [-0.15, -0.1) is 0 Å². The highest BCUT2D eigenvalue weighted by Gasteiger charge is 2.37. The maximum atomic E-state index is 13.1. The van der Waals surface area contributed by atoms with Crippen LogP contribution >= 0.6 is 0 Å². The fourth-order valence-corrected chi connectivity index (χ4v) is 5.24. The van der Waals surface area contributed by atoms with E-state index in [2.05, 4.69) is 44.0 Å². The fourth-order valence-electron chi connectivity index (χ4n) is 5.24. The molecule has 190 valence electrons. The first-order valence-electron chi connectivity index (χ1n) is 12.1. The number of urea groups is 1. The Bertz CT molecular complexity index is 1240. The molecule has 1 saturated heterocycles. The van der Waals surface area contributed by atoms with E-state index in [-0.39, 0.29) is 23.5 Å².